The highest BCUT2D eigenvalue weighted by Crippen LogP contribution is 2.26. The largest absolute Gasteiger partial charge is 0.319 e. The van der Waals surface area contributed by atoms with Gasteiger partial charge < -0.3 is 5.43 Å². The molecule has 0 aliphatic carbocycles. The maximum Gasteiger partial charge on any atom is 0.0659 e. The molecule has 1 heterocycles. The third-order valence-electron chi connectivity index (χ3n) is 2.38. The molecule has 0 saturated carbocycles. The van der Waals surface area contributed by atoms with Gasteiger partial charge in [-0.25, -0.2) is 0 Å². The summed E-state index contributed by atoms with van der Waals surface area (Å²) in [6.45, 7) is 2.05. The minimum Gasteiger partial charge on any atom is -0.319 e. The lowest BCUT2D eigenvalue weighted by Gasteiger charge is -2.17. The monoisotopic (exact) mass is 254 g/mol. The fourth-order valence-electron chi connectivity index (χ4n) is 1.57. The lowest BCUT2D eigenvalue weighted by molar-refractivity contribution is 0.728. The Labute approximate surface area is 105 Å². The van der Waals surface area contributed by atoms with Crippen LogP contribution in [0.25, 0.3) is 0 Å². The van der Waals surface area contributed by atoms with Crippen molar-refractivity contribution in [1.82, 2.24) is 4.68 Å². The maximum absolute atomic E-state index is 6.13. The maximum atomic E-state index is 6.13. The summed E-state index contributed by atoms with van der Waals surface area (Å²) < 4.78 is 1.90. The Morgan fingerprint density at radius 1 is 1.19 bits per heavy atom. The topological polar surface area (TPSA) is 17.0 Å². The van der Waals surface area contributed by atoms with E-state index in [1.807, 2.05) is 41.3 Å². The number of aromatic nitrogens is 1. The summed E-state index contributed by atoms with van der Waals surface area (Å²) in [6, 6.07) is 9.58. The van der Waals surface area contributed by atoms with Crippen molar-refractivity contribution in [3.63, 3.8) is 0 Å². The van der Waals surface area contributed by atoms with Gasteiger partial charge in [-0.2, -0.15) is 0 Å². The van der Waals surface area contributed by atoms with Crippen molar-refractivity contribution in [3.05, 3.63) is 58.3 Å². The van der Waals surface area contributed by atoms with Crippen LogP contribution in [0, 0.1) is 0 Å². The number of hydrogen-bond acceptors (Lipinski definition) is 1. The van der Waals surface area contributed by atoms with Crippen molar-refractivity contribution in [2.75, 3.05) is 5.43 Å². The van der Waals surface area contributed by atoms with Gasteiger partial charge in [-0.1, -0.05) is 29.3 Å². The van der Waals surface area contributed by atoms with E-state index in [4.69, 9.17) is 23.2 Å². The van der Waals surface area contributed by atoms with Crippen LogP contribution in [0.15, 0.2) is 42.7 Å². The molecule has 4 heteroatoms. The average Bonchev–Trinajstić information content (AvgIpc) is 2.70. The third-order valence-corrected chi connectivity index (χ3v) is 2.94. The van der Waals surface area contributed by atoms with Crippen LogP contribution >= 0.6 is 23.2 Å². The number of nitrogens with zero attached hydrogens (tertiary/aromatic N) is 1. The zero-order valence-electron chi connectivity index (χ0n) is 8.82. The molecule has 1 aromatic heterocycles. The molecule has 0 saturated heterocycles. The summed E-state index contributed by atoms with van der Waals surface area (Å²) in [6.07, 6.45) is 3.89. The smallest absolute Gasteiger partial charge is 0.0659 e. The van der Waals surface area contributed by atoms with Crippen LogP contribution in [0.1, 0.15) is 18.5 Å². The van der Waals surface area contributed by atoms with E-state index in [2.05, 4.69) is 12.3 Å². The molecule has 0 bridgehead atoms. The van der Waals surface area contributed by atoms with E-state index in [1.54, 1.807) is 6.07 Å². The summed E-state index contributed by atoms with van der Waals surface area (Å²) >= 11 is 12.0. The first-order valence-electron chi connectivity index (χ1n) is 5.01. The number of halogens is 2. The minimum atomic E-state index is 0.122. The number of rotatable bonds is 3. The van der Waals surface area contributed by atoms with Gasteiger partial charge in [0.2, 0.25) is 0 Å². The van der Waals surface area contributed by atoms with Crippen molar-refractivity contribution >= 4 is 23.2 Å². The Kier molecular flexibility index (Phi) is 3.42. The molecule has 0 fully saturated rings. The Balaban J connectivity index is 2.17. The van der Waals surface area contributed by atoms with Crippen LogP contribution in [0.2, 0.25) is 10.0 Å². The van der Waals surface area contributed by atoms with Crippen molar-refractivity contribution < 1.29 is 0 Å². The quantitative estimate of drug-likeness (QED) is 0.873. The van der Waals surface area contributed by atoms with Gasteiger partial charge in [-0.15, -0.1) is 0 Å². The Hall–Kier alpha value is -1.12. The first kappa shape index (κ1) is 11.4. The van der Waals surface area contributed by atoms with Gasteiger partial charge >= 0.3 is 0 Å². The highest BCUT2D eigenvalue weighted by atomic mass is 35.5. The average molecular weight is 255 g/mol. The fraction of sp³-hybridized carbons (Fsp3) is 0.167. The standard InChI is InChI=1S/C12H12Cl2N2/c1-9(15-16-6-2-3-7-16)11-5-4-10(13)8-12(11)14/h2-9,15H,1H3. The number of hydrogen-bond donors (Lipinski definition) is 1. The molecule has 0 aliphatic heterocycles. The highest BCUT2D eigenvalue weighted by Gasteiger charge is 2.09. The van der Waals surface area contributed by atoms with E-state index in [0.717, 1.165) is 5.56 Å². The predicted octanol–water partition coefficient (Wildman–Crippen LogP) is 4.10. The van der Waals surface area contributed by atoms with Crippen LogP contribution in [0.4, 0.5) is 0 Å². The van der Waals surface area contributed by atoms with Gasteiger partial charge in [0.1, 0.15) is 0 Å². The van der Waals surface area contributed by atoms with Gasteiger partial charge in [0, 0.05) is 22.4 Å². The van der Waals surface area contributed by atoms with Gasteiger partial charge in [0.15, 0.2) is 0 Å². The van der Waals surface area contributed by atoms with Gasteiger partial charge in [0.25, 0.3) is 0 Å². The van der Waals surface area contributed by atoms with Crippen molar-refractivity contribution in [3.8, 4) is 0 Å². The molecule has 2 nitrogen and oxygen atoms in total. The lowest BCUT2D eigenvalue weighted by Crippen LogP contribution is -2.17. The molecule has 2 rings (SSSR count). The molecule has 1 aromatic carbocycles. The number of benzene rings is 1. The van der Waals surface area contributed by atoms with Crippen LogP contribution in [0.5, 0.6) is 0 Å². The van der Waals surface area contributed by atoms with Gasteiger partial charge in [-0.3, -0.25) is 4.68 Å². The molecule has 84 valence electrons. The van der Waals surface area contributed by atoms with Crippen molar-refractivity contribution in [1.29, 1.82) is 0 Å². The van der Waals surface area contributed by atoms with Crippen molar-refractivity contribution in [2.45, 2.75) is 13.0 Å². The zero-order valence-corrected chi connectivity index (χ0v) is 10.3. The van der Waals surface area contributed by atoms with E-state index in [0.29, 0.717) is 10.0 Å². The molecule has 0 aliphatic rings. The van der Waals surface area contributed by atoms with Crippen LogP contribution in [0.3, 0.4) is 0 Å². The first-order valence-corrected chi connectivity index (χ1v) is 5.77. The van der Waals surface area contributed by atoms with E-state index < -0.39 is 0 Å². The summed E-state index contributed by atoms with van der Waals surface area (Å²) in [4.78, 5) is 0. The summed E-state index contributed by atoms with van der Waals surface area (Å²) in [5, 5.41) is 1.33. The summed E-state index contributed by atoms with van der Waals surface area (Å²) in [7, 11) is 0. The van der Waals surface area contributed by atoms with Crippen molar-refractivity contribution in [2.24, 2.45) is 0 Å². The molecule has 1 unspecified atom stereocenters. The lowest BCUT2D eigenvalue weighted by atomic mass is 10.1. The van der Waals surface area contributed by atoms with Crippen LogP contribution < -0.4 is 5.43 Å². The molecular formula is C12H12Cl2N2. The van der Waals surface area contributed by atoms with Gasteiger partial charge in [-0.05, 0) is 36.8 Å². The Bertz CT molecular complexity index is 466. The predicted molar refractivity (Wildman–Crippen MR) is 68.7 cm³/mol. The minimum absolute atomic E-state index is 0.122. The normalized spacial score (nSPS) is 12.4. The molecule has 1 atom stereocenters. The molecule has 0 radical (unpaired) electrons. The molecular weight excluding hydrogens is 243 g/mol. The van der Waals surface area contributed by atoms with Crippen LogP contribution in [-0.2, 0) is 0 Å². The molecule has 1 N–H and O–H groups in total. The first-order chi connectivity index (χ1) is 7.66. The molecule has 16 heavy (non-hydrogen) atoms. The second-order valence-electron chi connectivity index (χ2n) is 3.61. The summed E-state index contributed by atoms with van der Waals surface area (Å²) in [5.41, 5.74) is 4.32. The second kappa shape index (κ2) is 4.81. The third kappa shape index (κ3) is 2.52. The van der Waals surface area contributed by atoms with E-state index in [9.17, 15) is 0 Å². The molecule has 0 amide bonds. The SMILES string of the molecule is CC(Nn1cccc1)c1ccc(Cl)cc1Cl. The van der Waals surface area contributed by atoms with Crippen LogP contribution in [-0.4, -0.2) is 4.68 Å². The van der Waals surface area contributed by atoms with E-state index >= 15 is 0 Å². The molecule has 0 spiro atoms. The Morgan fingerprint density at radius 3 is 2.50 bits per heavy atom. The second-order valence-corrected chi connectivity index (χ2v) is 4.45. The Morgan fingerprint density at radius 2 is 1.88 bits per heavy atom. The van der Waals surface area contributed by atoms with E-state index in [1.165, 1.54) is 0 Å². The highest BCUT2D eigenvalue weighted by molar-refractivity contribution is 6.35. The summed E-state index contributed by atoms with van der Waals surface area (Å²) in [5.74, 6) is 0. The van der Waals surface area contributed by atoms with Gasteiger partial charge in [0.05, 0.1) is 6.04 Å². The fourth-order valence-corrected chi connectivity index (χ4v) is 2.14. The number of nitrogens with one attached hydrogen (secondary N) is 1. The zero-order chi connectivity index (χ0) is 11.5. The molecule has 2 aromatic rings. The van der Waals surface area contributed by atoms with E-state index in [-0.39, 0.29) is 6.04 Å².